The van der Waals surface area contributed by atoms with Crippen molar-refractivity contribution in [3.63, 3.8) is 0 Å². The third kappa shape index (κ3) is 5.24. The second-order valence-electron chi connectivity index (χ2n) is 9.17. The number of benzene rings is 2. The minimum atomic E-state index is -1.30. The molecule has 0 aromatic heterocycles. The van der Waals surface area contributed by atoms with Crippen molar-refractivity contribution in [3.8, 4) is 11.1 Å². The predicted molar refractivity (Wildman–Crippen MR) is 131 cm³/mol. The van der Waals surface area contributed by atoms with Gasteiger partial charge in [-0.3, -0.25) is 4.79 Å². The van der Waals surface area contributed by atoms with Crippen LogP contribution in [0.3, 0.4) is 0 Å². The van der Waals surface area contributed by atoms with Gasteiger partial charge in [0.05, 0.1) is 0 Å². The molecule has 0 aliphatic heterocycles. The summed E-state index contributed by atoms with van der Waals surface area (Å²) in [5, 5.41) is 15.0. The molecule has 34 heavy (non-hydrogen) atoms. The van der Waals surface area contributed by atoms with E-state index in [2.05, 4.69) is 34.9 Å². The number of alkyl carbamates (subject to hydrolysis) is 1. The van der Waals surface area contributed by atoms with Gasteiger partial charge >= 0.3 is 12.1 Å². The van der Waals surface area contributed by atoms with E-state index < -0.39 is 29.6 Å². The number of carbonyl (C=O) groups is 3. The zero-order valence-corrected chi connectivity index (χ0v) is 20.3. The lowest BCUT2D eigenvalue weighted by atomic mass is 9.92. The van der Waals surface area contributed by atoms with Crippen LogP contribution in [0.15, 0.2) is 48.5 Å². The summed E-state index contributed by atoms with van der Waals surface area (Å²) >= 11 is 0. The van der Waals surface area contributed by atoms with Crippen LogP contribution in [0.2, 0.25) is 0 Å². The van der Waals surface area contributed by atoms with Crippen molar-refractivity contribution in [2.75, 3.05) is 6.61 Å². The summed E-state index contributed by atoms with van der Waals surface area (Å²) in [7, 11) is 0. The topological polar surface area (TPSA) is 105 Å². The Labute approximate surface area is 200 Å². The highest BCUT2D eigenvalue weighted by atomic mass is 16.5. The highest BCUT2D eigenvalue weighted by Crippen LogP contribution is 2.44. The van der Waals surface area contributed by atoms with Crippen molar-refractivity contribution in [1.29, 1.82) is 0 Å². The molecule has 0 saturated heterocycles. The highest BCUT2D eigenvalue weighted by molar-refractivity contribution is 5.87. The van der Waals surface area contributed by atoms with Crippen LogP contribution in [-0.4, -0.2) is 41.3 Å². The van der Waals surface area contributed by atoms with Crippen LogP contribution < -0.4 is 10.6 Å². The largest absolute Gasteiger partial charge is 0.480 e. The third-order valence-electron chi connectivity index (χ3n) is 6.85. The Balaban J connectivity index is 1.63. The molecule has 0 fully saturated rings. The van der Waals surface area contributed by atoms with Crippen LogP contribution in [0.25, 0.3) is 11.1 Å². The van der Waals surface area contributed by atoms with E-state index >= 15 is 0 Å². The van der Waals surface area contributed by atoms with Crippen LogP contribution in [0.5, 0.6) is 0 Å². The van der Waals surface area contributed by atoms with Gasteiger partial charge < -0.3 is 20.5 Å². The van der Waals surface area contributed by atoms with Gasteiger partial charge in [-0.25, -0.2) is 9.59 Å². The van der Waals surface area contributed by atoms with E-state index in [0.29, 0.717) is 0 Å². The number of hydrogen-bond acceptors (Lipinski definition) is 4. The van der Waals surface area contributed by atoms with E-state index in [1.165, 1.54) is 0 Å². The summed E-state index contributed by atoms with van der Waals surface area (Å²) in [6, 6.07) is 15.7. The molecule has 2 amide bonds. The number of carbonyl (C=O) groups excluding carboxylic acids is 2. The van der Waals surface area contributed by atoms with Crippen LogP contribution >= 0.6 is 0 Å². The van der Waals surface area contributed by atoms with Crippen molar-refractivity contribution in [2.24, 2.45) is 5.92 Å². The summed E-state index contributed by atoms with van der Waals surface area (Å²) in [5.41, 5.74) is 3.25. The normalized spacial score (nSPS) is 13.7. The van der Waals surface area contributed by atoms with E-state index in [-0.39, 0.29) is 37.7 Å². The molecule has 0 saturated carbocycles. The number of aliphatic carboxylic acids is 1. The minimum Gasteiger partial charge on any atom is -0.480 e. The molecule has 0 bridgehead atoms. The smallest absolute Gasteiger partial charge is 0.407 e. The van der Waals surface area contributed by atoms with E-state index in [4.69, 9.17) is 4.74 Å². The van der Waals surface area contributed by atoms with E-state index in [1.54, 1.807) is 13.8 Å². The number of carboxylic acids is 1. The van der Waals surface area contributed by atoms with E-state index in [0.717, 1.165) is 22.3 Å². The molecule has 3 rings (SSSR count). The molecule has 2 aromatic carbocycles. The van der Waals surface area contributed by atoms with Gasteiger partial charge in [-0.05, 0) is 41.0 Å². The maximum absolute atomic E-state index is 12.7. The summed E-state index contributed by atoms with van der Waals surface area (Å²) in [4.78, 5) is 37.0. The zero-order valence-electron chi connectivity index (χ0n) is 20.3. The van der Waals surface area contributed by atoms with Crippen LogP contribution in [0, 0.1) is 5.92 Å². The number of nitrogens with one attached hydrogen (secondary N) is 2. The van der Waals surface area contributed by atoms with E-state index in [9.17, 15) is 19.5 Å². The Morgan fingerprint density at radius 3 is 1.97 bits per heavy atom. The first-order chi connectivity index (χ1) is 16.2. The molecule has 7 heteroatoms. The standard InChI is InChI=1S/C27H34N2O5/c1-5-27(6-2,25(31)32)29-24(30)15-23(17(3)4)28-26(33)34-16-22-20-13-9-7-11-18(20)19-12-8-10-14-21(19)22/h7-14,17,22-23H,5-6,15-16H2,1-4H3,(H,28,33)(H,29,30)(H,31,32)/t23-/m0/s1. The molecular weight excluding hydrogens is 432 g/mol. The Bertz CT molecular complexity index is 999. The maximum atomic E-state index is 12.7. The fourth-order valence-electron chi connectivity index (χ4n) is 4.55. The van der Waals surface area contributed by atoms with Gasteiger partial charge in [0.2, 0.25) is 5.91 Å². The number of carboxylic acid groups (broad SMARTS) is 1. The van der Waals surface area contributed by atoms with Crippen molar-refractivity contribution in [3.05, 3.63) is 59.7 Å². The molecule has 0 heterocycles. The molecule has 1 aliphatic carbocycles. The van der Waals surface area contributed by atoms with E-state index in [1.807, 2.05) is 38.1 Å². The fraction of sp³-hybridized carbons (Fsp3) is 0.444. The molecule has 3 N–H and O–H groups in total. The van der Waals surface area contributed by atoms with Gasteiger partial charge in [-0.15, -0.1) is 0 Å². The molecule has 0 radical (unpaired) electrons. The molecule has 2 aromatic rings. The Morgan fingerprint density at radius 2 is 1.50 bits per heavy atom. The maximum Gasteiger partial charge on any atom is 0.407 e. The van der Waals surface area contributed by atoms with Gasteiger partial charge in [0, 0.05) is 18.4 Å². The second kappa shape index (κ2) is 10.7. The number of ether oxygens (including phenoxy) is 1. The first-order valence-corrected chi connectivity index (χ1v) is 11.9. The Morgan fingerprint density at radius 1 is 0.971 bits per heavy atom. The average Bonchev–Trinajstić information content (AvgIpc) is 3.14. The van der Waals surface area contributed by atoms with Gasteiger partial charge in [0.1, 0.15) is 12.1 Å². The number of fused-ring (bicyclic) bond motifs is 3. The van der Waals surface area contributed by atoms with Crippen molar-refractivity contribution >= 4 is 18.0 Å². The van der Waals surface area contributed by atoms with Crippen molar-refractivity contribution in [1.82, 2.24) is 10.6 Å². The SMILES string of the molecule is CCC(CC)(NC(=O)C[C@H](NC(=O)OCC1c2ccccc2-c2ccccc21)C(C)C)C(=O)O. The van der Waals surface area contributed by atoms with Crippen LogP contribution in [0.4, 0.5) is 4.79 Å². The molecule has 182 valence electrons. The first-order valence-electron chi connectivity index (χ1n) is 11.9. The summed E-state index contributed by atoms with van der Waals surface area (Å²) in [6.07, 6.45) is -0.0755. The molecule has 0 spiro atoms. The molecule has 1 aliphatic rings. The number of hydrogen-bond donors (Lipinski definition) is 3. The quantitative estimate of drug-likeness (QED) is 0.471. The number of amides is 2. The summed E-state index contributed by atoms with van der Waals surface area (Å²) in [5.74, 6) is -1.57. The Hall–Kier alpha value is -3.35. The molecule has 7 nitrogen and oxygen atoms in total. The lowest BCUT2D eigenvalue weighted by Gasteiger charge is -2.29. The van der Waals surface area contributed by atoms with Gasteiger partial charge in [-0.2, -0.15) is 0 Å². The lowest BCUT2D eigenvalue weighted by molar-refractivity contribution is -0.148. The fourth-order valence-corrected chi connectivity index (χ4v) is 4.55. The summed E-state index contributed by atoms with van der Waals surface area (Å²) < 4.78 is 5.61. The monoisotopic (exact) mass is 466 g/mol. The first kappa shape index (κ1) is 25.3. The minimum absolute atomic E-state index is 0.0309. The lowest BCUT2D eigenvalue weighted by Crippen LogP contribution is -2.55. The molecular formula is C27H34N2O5. The highest BCUT2D eigenvalue weighted by Gasteiger charge is 2.37. The predicted octanol–water partition coefficient (Wildman–Crippen LogP) is 4.70. The molecule has 1 atom stereocenters. The van der Waals surface area contributed by atoms with Gasteiger partial charge in [-0.1, -0.05) is 76.2 Å². The third-order valence-corrected chi connectivity index (χ3v) is 6.85. The zero-order chi connectivity index (χ0) is 24.9. The van der Waals surface area contributed by atoms with Crippen molar-refractivity contribution in [2.45, 2.75) is 64.5 Å². The second-order valence-corrected chi connectivity index (χ2v) is 9.17. The van der Waals surface area contributed by atoms with Crippen LogP contribution in [-0.2, 0) is 14.3 Å². The van der Waals surface area contributed by atoms with Gasteiger partial charge in [0.15, 0.2) is 0 Å². The van der Waals surface area contributed by atoms with Gasteiger partial charge in [0.25, 0.3) is 0 Å². The average molecular weight is 467 g/mol. The Kier molecular flexibility index (Phi) is 7.97. The number of rotatable bonds is 10. The molecule has 0 unspecified atom stereocenters. The summed E-state index contributed by atoms with van der Waals surface area (Å²) in [6.45, 7) is 7.43. The van der Waals surface area contributed by atoms with Crippen molar-refractivity contribution < 1.29 is 24.2 Å². The van der Waals surface area contributed by atoms with Crippen LogP contribution in [0.1, 0.15) is 64.0 Å².